The third-order valence-corrected chi connectivity index (χ3v) is 4.57. The predicted octanol–water partition coefficient (Wildman–Crippen LogP) is 3.40. The van der Waals surface area contributed by atoms with Gasteiger partial charge in [-0.1, -0.05) is 24.3 Å². The minimum Gasteiger partial charge on any atom is -0.494 e. The van der Waals surface area contributed by atoms with Crippen molar-refractivity contribution in [3.8, 4) is 17.0 Å². The average Bonchev–Trinajstić information content (AvgIpc) is 2.72. The molecule has 3 aromatic rings. The molecule has 0 amide bonds. The van der Waals surface area contributed by atoms with Crippen LogP contribution < -0.4 is 4.74 Å². The zero-order chi connectivity index (χ0) is 17.6. The van der Waals surface area contributed by atoms with Crippen molar-refractivity contribution in [1.29, 1.82) is 0 Å². The van der Waals surface area contributed by atoms with Crippen LogP contribution in [0.4, 0.5) is 0 Å². The molecule has 1 saturated heterocycles. The van der Waals surface area contributed by atoms with Gasteiger partial charge in [-0.2, -0.15) is 0 Å². The van der Waals surface area contributed by atoms with Gasteiger partial charge in [-0.05, 0) is 30.7 Å². The highest BCUT2D eigenvalue weighted by molar-refractivity contribution is 5.77. The molecule has 2 heterocycles. The van der Waals surface area contributed by atoms with E-state index in [4.69, 9.17) is 14.5 Å². The fraction of sp³-hybridized carbons (Fsp3) is 0.333. The van der Waals surface area contributed by atoms with E-state index in [2.05, 4.69) is 9.88 Å². The van der Waals surface area contributed by atoms with Crippen molar-refractivity contribution in [2.75, 3.05) is 39.5 Å². The van der Waals surface area contributed by atoms with Gasteiger partial charge in [0.15, 0.2) is 0 Å². The van der Waals surface area contributed by atoms with Gasteiger partial charge in [-0.3, -0.25) is 9.88 Å². The first kappa shape index (κ1) is 16.9. The Morgan fingerprint density at radius 3 is 2.73 bits per heavy atom. The molecule has 5 nitrogen and oxygen atoms in total. The Labute approximate surface area is 153 Å². The average molecular weight is 349 g/mol. The lowest BCUT2D eigenvalue weighted by Crippen LogP contribution is -2.37. The van der Waals surface area contributed by atoms with E-state index in [-0.39, 0.29) is 0 Å². The predicted molar refractivity (Wildman–Crippen MR) is 102 cm³/mol. The van der Waals surface area contributed by atoms with Crippen molar-refractivity contribution in [2.45, 2.75) is 6.42 Å². The maximum absolute atomic E-state index is 5.94. The van der Waals surface area contributed by atoms with Crippen LogP contribution in [0.2, 0.25) is 0 Å². The molecule has 0 saturated carbocycles. The van der Waals surface area contributed by atoms with E-state index in [1.165, 1.54) is 0 Å². The normalized spacial score (nSPS) is 15.2. The summed E-state index contributed by atoms with van der Waals surface area (Å²) in [4.78, 5) is 11.6. The minimum absolute atomic E-state index is 0.713. The van der Waals surface area contributed by atoms with Crippen LogP contribution in [-0.2, 0) is 4.74 Å². The van der Waals surface area contributed by atoms with Gasteiger partial charge in [0, 0.05) is 25.2 Å². The number of hydrogen-bond donors (Lipinski definition) is 0. The molecule has 26 heavy (non-hydrogen) atoms. The highest BCUT2D eigenvalue weighted by Gasteiger charge is 2.09. The van der Waals surface area contributed by atoms with E-state index in [0.29, 0.717) is 6.61 Å². The molecule has 0 radical (unpaired) electrons. The number of fused-ring (bicyclic) bond motifs is 1. The minimum atomic E-state index is 0.713. The van der Waals surface area contributed by atoms with Crippen molar-refractivity contribution >= 4 is 11.0 Å². The van der Waals surface area contributed by atoms with Crippen molar-refractivity contribution in [3.63, 3.8) is 0 Å². The zero-order valence-electron chi connectivity index (χ0n) is 14.8. The highest BCUT2D eigenvalue weighted by Crippen LogP contribution is 2.23. The van der Waals surface area contributed by atoms with E-state index < -0.39 is 0 Å². The van der Waals surface area contributed by atoms with E-state index in [9.17, 15) is 0 Å². The van der Waals surface area contributed by atoms with Crippen LogP contribution in [0.1, 0.15) is 6.42 Å². The van der Waals surface area contributed by atoms with Gasteiger partial charge in [0.1, 0.15) is 5.75 Å². The molecule has 0 aliphatic carbocycles. The lowest BCUT2D eigenvalue weighted by atomic mass is 10.1. The van der Waals surface area contributed by atoms with Crippen LogP contribution in [0, 0.1) is 0 Å². The topological polar surface area (TPSA) is 47.5 Å². The molecule has 2 aromatic carbocycles. The summed E-state index contributed by atoms with van der Waals surface area (Å²) >= 11 is 0. The van der Waals surface area contributed by atoms with Crippen molar-refractivity contribution in [1.82, 2.24) is 14.9 Å². The molecular weight excluding hydrogens is 326 g/mol. The molecule has 0 N–H and O–H groups in total. The standard InChI is InChI=1S/C21H23N3O2/c1-2-8-20-19(7-1)22-16-21(23-20)17-5-3-6-18(15-17)26-12-4-9-24-10-13-25-14-11-24/h1-3,5-8,15-16H,4,9-14H2. The van der Waals surface area contributed by atoms with Gasteiger partial charge in [0.25, 0.3) is 0 Å². The number of rotatable bonds is 6. The van der Waals surface area contributed by atoms with E-state index in [1.54, 1.807) is 0 Å². The molecule has 5 heteroatoms. The molecule has 0 bridgehead atoms. The van der Waals surface area contributed by atoms with Crippen molar-refractivity contribution in [3.05, 3.63) is 54.7 Å². The first-order valence-corrected chi connectivity index (χ1v) is 9.14. The molecule has 4 rings (SSSR count). The van der Waals surface area contributed by atoms with Gasteiger partial charge in [0.2, 0.25) is 0 Å². The van der Waals surface area contributed by atoms with Crippen LogP contribution in [0.15, 0.2) is 54.7 Å². The quantitative estimate of drug-likeness (QED) is 0.638. The number of nitrogens with zero attached hydrogens (tertiary/aromatic N) is 3. The summed E-state index contributed by atoms with van der Waals surface area (Å²) in [6.07, 6.45) is 2.83. The van der Waals surface area contributed by atoms with E-state index in [1.807, 2.05) is 54.7 Å². The van der Waals surface area contributed by atoms with Crippen molar-refractivity contribution in [2.24, 2.45) is 0 Å². The van der Waals surface area contributed by atoms with Crippen LogP contribution in [0.25, 0.3) is 22.3 Å². The first-order chi connectivity index (χ1) is 12.9. The lowest BCUT2D eigenvalue weighted by Gasteiger charge is -2.26. The van der Waals surface area contributed by atoms with Gasteiger partial charge in [-0.25, -0.2) is 4.98 Å². The fourth-order valence-corrected chi connectivity index (χ4v) is 3.14. The third kappa shape index (κ3) is 4.18. The molecular formula is C21H23N3O2. The summed E-state index contributed by atoms with van der Waals surface area (Å²) in [5.74, 6) is 0.874. The van der Waals surface area contributed by atoms with Crippen LogP contribution >= 0.6 is 0 Å². The summed E-state index contributed by atoms with van der Waals surface area (Å²) in [6.45, 7) is 5.50. The van der Waals surface area contributed by atoms with Gasteiger partial charge in [-0.15, -0.1) is 0 Å². The largest absolute Gasteiger partial charge is 0.494 e. The first-order valence-electron chi connectivity index (χ1n) is 9.14. The van der Waals surface area contributed by atoms with Crippen molar-refractivity contribution < 1.29 is 9.47 Å². The Hall–Kier alpha value is -2.50. The smallest absolute Gasteiger partial charge is 0.119 e. The molecule has 0 unspecified atom stereocenters. The SMILES string of the molecule is c1cc(OCCCN2CCOCC2)cc(-c2cnc3ccccc3n2)c1. The number of ether oxygens (including phenoxy) is 2. The number of hydrogen-bond acceptors (Lipinski definition) is 5. The van der Waals surface area contributed by atoms with Gasteiger partial charge >= 0.3 is 0 Å². The maximum Gasteiger partial charge on any atom is 0.119 e. The second-order valence-electron chi connectivity index (χ2n) is 6.43. The molecule has 1 aromatic heterocycles. The maximum atomic E-state index is 5.94. The van der Waals surface area contributed by atoms with Gasteiger partial charge in [0.05, 0.1) is 42.7 Å². The summed E-state index contributed by atoms with van der Waals surface area (Å²) in [5, 5.41) is 0. The number of morpholine rings is 1. The molecule has 1 aliphatic rings. The van der Waals surface area contributed by atoms with Gasteiger partial charge < -0.3 is 9.47 Å². The Morgan fingerprint density at radius 1 is 1.00 bits per heavy atom. The second-order valence-corrected chi connectivity index (χ2v) is 6.43. The highest BCUT2D eigenvalue weighted by atomic mass is 16.5. The molecule has 1 aliphatic heterocycles. The van der Waals surface area contributed by atoms with E-state index >= 15 is 0 Å². The second kappa shape index (κ2) is 8.25. The molecule has 0 atom stereocenters. The number of aromatic nitrogens is 2. The number of para-hydroxylation sites is 2. The molecule has 0 spiro atoms. The Kier molecular flexibility index (Phi) is 5.38. The molecule has 134 valence electrons. The summed E-state index contributed by atoms with van der Waals surface area (Å²) in [6, 6.07) is 16.0. The van der Waals surface area contributed by atoms with Crippen LogP contribution in [0.3, 0.4) is 0 Å². The summed E-state index contributed by atoms with van der Waals surface area (Å²) < 4.78 is 11.3. The summed E-state index contributed by atoms with van der Waals surface area (Å²) in [7, 11) is 0. The lowest BCUT2D eigenvalue weighted by molar-refractivity contribution is 0.0358. The monoisotopic (exact) mass is 349 g/mol. The Balaban J connectivity index is 1.37. The summed E-state index contributed by atoms with van der Waals surface area (Å²) in [5.41, 5.74) is 3.70. The zero-order valence-corrected chi connectivity index (χ0v) is 14.8. The third-order valence-electron chi connectivity index (χ3n) is 4.57. The molecule has 1 fully saturated rings. The van der Waals surface area contributed by atoms with E-state index in [0.717, 1.165) is 67.3 Å². The fourth-order valence-electron chi connectivity index (χ4n) is 3.14. The van der Waals surface area contributed by atoms with Crippen LogP contribution in [-0.4, -0.2) is 54.3 Å². The number of benzene rings is 2. The Morgan fingerprint density at radius 2 is 1.85 bits per heavy atom. The van der Waals surface area contributed by atoms with Crippen LogP contribution in [0.5, 0.6) is 5.75 Å². The Bertz CT molecular complexity index is 863.